The predicted octanol–water partition coefficient (Wildman–Crippen LogP) is 1.13. The summed E-state index contributed by atoms with van der Waals surface area (Å²) in [6, 6.07) is 7.43. The van der Waals surface area contributed by atoms with Crippen LogP contribution < -0.4 is 10.0 Å². The number of aryl methyl sites for hydroxylation is 1. The van der Waals surface area contributed by atoms with Crippen molar-refractivity contribution in [3.8, 4) is 0 Å². The summed E-state index contributed by atoms with van der Waals surface area (Å²) < 4.78 is 26.2. The summed E-state index contributed by atoms with van der Waals surface area (Å²) in [5.74, 6) is -0.428. The Balaban J connectivity index is 2.31. The highest BCUT2D eigenvalue weighted by Gasteiger charge is 2.20. The SMILES string of the molecule is Cc1ccc(NC(=O)c2cc[n+]([O-])cc2)cc1S(=O)(=O)N(C)C. The molecule has 122 valence electrons. The molecule has 23 heavy (non-hydrogen) atoms. The van der Waals surface area contributed by atoms with Crippen LogP contribution in [0.15, 0.2) is 47.6 Å². The number of nitrogens with zero attached hydrogens (tertiary/aromatic N) is 2. The summed E-state index contributed by atoms with van der Waals surface area (Å²) in [6.07, 6.45) is 2.43. The number of carbonyl (C=O) groups is 1. The summed E-state index contributed by atoms with van der Waals surface area (Å²) in [7, 11) is -0.706. The van der Waals surface area contributed by atoms with Crippen LogP contribution >= 0.6 is 0 Å². The Labute approximate surface area is 134 Å². The third-order valence-corrected chi connectivity index (χ3v) is 5.23. The number of nitrogens with one attached hydrogen (secondary N) is 1. The maximum atomic E-state index is 12.3. The molecule has 0 bridgehead atoms. The first kappa shape index (κ1) is 16.9. The van der Waals surface area contributed by atoms with Gasteiger partial charge in [0.1, 0.15) is 0 Å². The van der Waals surface area contributed by atoms with Crippen LogP contribution in [-0.4, -0.2) is 32.7 Å². The van der Waals surface area contributed by atoms with E-state index in [0.29, 0.717) is 21.5 Å². The molecule has 0 unspecified atom stereocenters. The highest BCUT2D eigenvalue weighted by atomic mass is 32.2. The Morgan fingerprint density at radius 1 is 1.17 bits per heavy atom. The number of hydrogen-bond acceptors (Lipinski definition) is 4. The molecule has 0 fully saturated rings. The van der Waals surface area contributed by atoms with Crippen LogP contribution in [0.2, 0.25) is 0 Å². The maximum absolute atomic E-state index is 12.3. The van der Waals surface area contributed by atoms with E-state index in [1.807, 2.05) is 0 Å². The molecule has 1 heterocycles. The normalized spacial score (nSPS) is 11.5. The topological polar surface area (TPSA) is 93.4 Å². The lowest BCUT2D eigenvalue weighted by Gasteiger charge is -2.15. The molecule has 1 aromatic heterocycles. The second kappa shape index (κ2) is 6.35. The zero-order chi connectivity index (χ0) is 17.2. The molecule has 0 saturated heterocycles. The number of aromatic nitrogens is 1. The molecular formula is C15H17N3O4S. The lowest BCUT2D eigenvalue weighted by Crippen LogP contribution is -2.25. The summed E-state index contributed by atoms with van der Waals surface area (Å²) in [4.78, 5) is 12.3. The third-order valence-electron chi connectivity index (χ3n) is 3.27. The molecule has 0 saturated carbocycles. The quantitative estimate of drug-likeness (QED) is 0.669. The monoisotopic (exact) mass is 335 g/mol. The minimum atomic E-state index is -3.60. The van der Waals surface area contributed by atoms with Gasteiger partial charge in [0.25, 0.3) is 5.91 Å². The van der Waals surface area contributed by atoms with Crippen molar-refractivity contribution in [3.63, 3.8) is 0 Å². The van der Waals surface area contributed by atoms with E-state index in [9.17, 15) is 18.4 Å². The van der Waals surface area contributed by atoms with Crippen molar-refractivity contribution < 1.29 is 17.9 Å². The molecule has 7 nitrogen and oxygen atoms in total. The maximum Gasteiger partial charge on any atom is 0.256 e. The van der Waals surface area contributed by atoms with E-state index in [-0.39, 0.29) is 4.90 Å². The van der Waals surface area contributed by atoms with E-state index >= 15 is 0 Å². The van der Waals surface area contributed by atoms with E-state index in [0.717, 1.165) is 4.31 Å². The van der Waals surface area contributed by atoms with Crippen molar-refractivity contribution in [2.75, 3.05) is 19.4 Å². The van der Waals surface area contributed by atoms with Crippen LogP contribution in [0, 0.1) is 12.1 Å². The Hall–Kier alpha value is -2.45. The average molecular weight is 335 g/mol. The fourth-order valence-corrected chi connectivity index (χ4v) is 3.06. The molecule has 0 aliphatic rings. The second-order valence-electron chi connectivity index (χ2n) is 5.17. The van der Waals surface area contributed by atoms with Gasteiger partial charge in [-0.2, -0.15) is 4.73 Å². The number of pyridine rings is 1. The lowest BCUT2D eigenvalue weighted by molar-refractivity contribution is -0.605. The van der Waals surface area contributed by atoms with E-state index in [4.69, 9.17) is 0 Å². The third kappa shape index (κ3) is 3.66. The van der Waals surface area contributed by atoms with Gasteiger partial charge in [0.05, 0.1) is 10.5 Å². The Morgan fingerprint density at radius 2 is 1.78 bits per heavy atom. The average Bonchev–Trinajstić information content (AvgIpc) is 2.49. The smallest absolute Gasteiger partial charge is 0.256 e. The number of anilines is 1. The molecule has 0 atom stereocenters. The molecule has 1 amide bonds. The Kier molecular flexibility index (Phi) is 4.67. The summed E-state index contributed by atoms with van der Waals surface area (Å²) >= 11 is 0. The number of carbonyl (C=O) groups excluding carboxylic acids is 1. The van der Waals surface area contributed by atoms with Crippen molar-refractivity contribution in [2.45, 2.75) is 11.8 Å². The minimum Gasteiger partial charge on any atom is -0.619 e. The van der Waals surface area contributed by atoms with Crippen molar-refractivity contribution >= 4 is 21.6 Å². The Bertz CT molecular complexity index is 830. The van der Waals surface area contributed by atoms with Gasteiger partial charge in [-0.25, -0.2) is 12.7 Å². The van der Waals surface area contributed by atoms with E-state index in [2.05, 4.69) is 5.32 Å². The van der Waals surface area contributed by atoms with Crippen LogP contribution in [0.25, 0.3) is 0 Å². The van der Waals surface area contributed by atoms with Crippen molar-refractivity contribution in [3.05, 3.63) is 59.1 Å². The molecule has 0 aliphatic heterocycles. The molecule has 1 N–H and O–H groups in total. The number of sulfonamides is 1. The van der Waals surface area contributed by atoms with Gasteiger partial charge in [-0.1, -0.05) is 6.07 Å². The molecule has 8 heteroatoms. The first-order valence-corrected chi connectivity index (χ1v) is 8.19. The summed E-state index contributed by atoms with van der Waals surface area (Å²) in [5, 5.41) is 13.6. The van der Waals surface area contributed by atoms with Gasteiger partial charge in [-0.05, 0) is 24.6 Å². The number of rotatable bonds is 4. The highest BCUT2D eigenvalue weighted by Crippen LogP contribution is 2.22. The van der Waals surface area contributed by atoms with Crippen LogP contribution in [0.5, 0.6) is 0 Å². The molecule has 0 aliphatic carbocycles. The minimum absolute atomic E-state index is 0.130. The van der Waals surface area contributed by atoms with E-state index < -0.39 is 15.9 Å². The van der Waals surface area contributed by atoms with E-state index in [1.165, 1.54) is 44.7 Å². The largest absolute Gasteiger partial charge is 0.619 e. The fourth-order valence-electron chi connectivity index (χ4n) is 1.92. The number of amides is 1. The van der Waals surface area contributed by atoms with Gasteiger partial charge < -0.3 is 10.5 Å². The Morgan fingerprint density at radius 3 is 2.35 bits per heavy atom. The first-order chi connectivity index (χ1) is 10.7. The lowest BCUT2D eigenvalue weighted by atomic mass is 10.2. The molecular weight excluding hydrogens is 318 g/mol. The van der Waals surface area contributed by atoms with Crippen LogP contribution in [0.3, 0.4) is 0 Å². The standard InChI is InChI=1S/C15H17N3O4S/c1-11-4-5-13(10-14(11)23(21,22)17(2)3)16-15(19)12-6-8-18(20)9-7-12/h4-10H,1-3H3,(H,16,19). The summed E-state index contributed by atoms with van der Waals surface area (Å²) in [6.45, 7) is 1.69. The fraction of sp³-hybridized carbons (Fsp3) is 0.200. The molecule has 2 aromatic rings. The first-order valence-electron chi connectivity index (χ1n) is 6.75. The summed E-state index contributed by atoms with van der Waals surface area (Å²) in [5.41, 5.74) is 1.25. The molecule has 1 aromatic carbocycles. The van der Waals surface area contributed by atoms with E-state index in [1.54, 1.807) is 19.1 Å². The highest BCUT2D eigenvalue weighted by molar-refractivity contribution is 7.89. The van der Waals surface area contributed by atoms with Gasteiger partial charge in [0, 0.05) is 31.9 Å². The molecule has 0 spiro atoms. The van der Waals surface area contributed by atoms with Gasteiger partial charge in [0.2, 0.25) is 10.0 Å². The van der Waals surface area contributed by atoms with Crippen LogP contribution in [-0.2, 0) is 10.0 Å². The molecule has 2 rings (SSSR count). The zero-order valence-electron chi connectivity index (χ0n) is 13.0. The number of benzene rings is 1. The van der Waals surface area contributed by atoms with Gasteiger partial charge in [-0.15, -0.1) is 0 Å². The predicted molar refractivity (Wildman–Crippen MR) is 85.4 cm³/mol. The zero-order valence-corrected chi connectivity index (χ0v) is 13.8. The van der Waals surface area contributed by atoms with Crippen LogP contribution in [0.4, 0.5) is 5.69 Å². The van der Waals surface area contributed by atoms with Crippen molar-refractivity contribution in [1.82, 2.24) is 4.31 Å². The second-order valence-corrected chi connectivity index (χ2v) is 7.29. The van der Waals surface area contributed by atoms with Gasteiger partial charge in [-0.3, -0.25) is 4.79 Å². The van der Waals surface area contributed by atoms with Gasteiger partial charge >= 0.3 is 0 Å². The van der Waals surface area contributed by atoms with Gasteiger partial charge in [0.15, 0.2) is 12.4 Å². The van der Waals surface area contributed by atoms with Crippen molar-refractivity contribution in [1.29, 1.82) is 0 Å². The van der Waals surface area contributed by atoms with Crippen molar-refractivity contribution in [2.24, 2.45) is 0 Å². The number of hydrogen-bond donors (Lipinski definition) is 1. The van der Waals surface area contributed by atoms with Crippen LogP contribution in [0.1, 0.15) is 15.9 Å². The molecule has 0 radical (unpaired) electrons.